The molecule has 0 fully saturated rings. The van der Waals surface area contributed by atoms with Crippen LogP contribution in [0.25, 0.3) is 10.9 Å². The lowest BCUT2D eigenvalue weighted by Gasteiger charge is -2.15. The first kappa shape index (κ1) is 13.8. The Hall–Kier alpha value is -1.66. The summed E-state index contributed by atoms with van der Waals surface area (Å²) in [5.74, 6) is 0. The maximum absolute atomic E-state index is 11.1. The van der Waals surface area contributed by atoms with Crippen molar-refractivity contribution in [2.45, 2.75) is 30.1 Å². The minimum absolute atomic E-state index is 0.0174. The highest BCUT2D eigenvalue weighted by atomic mass is 32.2. The summed E-state index contributed by atoms with van der Waals surface area (Å²) in [4.78, 5) is 15.3. The van der Waals surface area contributed by atoms with Crippen LogP contribution in [0, 0.1) is 10.1 Å². The number of nitrogens with zero attached hydrogens (tertiary/aromatic N) is 2. The Morgan fingerprint density at radius 2 is 2.05 bits per heavy atom. The molecule has 19 heavy (non-hydrogen) atoms. The topological polar surface area (TPSA) is 76.3 Å². The third-order valence-corrected chi connectivity index (χ3v) is 4.32. The lowest BCUT2D eigenvalue weighted by atomic mass is 10.2. The van der Waals surface area contributed by atoms with E-state index in [1.807, 2.05) is 31.2 Å². The van der Waals surface area contributed by atoms with Gasteiger partial charge in [0.05, 0.1) is 21.4 Å². The molecule has 0 radical (unpaired) electrons. The monoisotopic (exact) mass is 278 g/mol. The molecule has 2 atom stereocenters. The molecule has 0 bridgehead atoms. The number of para-hydroxylation sites is 1. The normalized spacial score (nSPS) is 14.3. The first-order chi connectivity index (χ1) is 9.00. The molecule has 2 unspecified atom stereocenters. The van der Waals surface area contributed by atoms with Crippen molar-refractivity contribution >= 4 is 28.4 Å². The Bertz CT molecular complexity index is 616. The molecule has 0 aliphatic rings. The minimum Gasteiger partial charge on any atom is -0.392 e. The van der Waals surface area contributed by atoms with Crippen molar-refractivity contribution < 1.29 is 10.0 Å². The van der Waals surface area contributed by atoms with Crippen LogP contribution in [0.1, 0.15) is 13.8 Å². The van der Waals surface area contributed by atoms with Gasteiger partial charge in [-0.25, -0.2) is 4.98 Å². The van der Waals surface area contributed by atoms with Crippen LogP contribution in [-0.4, -0.2) is 26.4 Å². The lowest BCUT2D eigenvalue weighted by Crippen LogP contribution is -2.15. The molecule has 0 saturated heterocycles. The molecule has 2 aromatic rings. The average Bonchev–Trinajstić information content (AvgIpc) is 2.38. The largest absolute Gasteiger partial charge is 0.392 e. The molecular weight excluding hydrogens is 264 g/mol. The van der Waals surface area contributed by atoms with Crippen LogP contribution in [-0.2, 0) is 0 Å². The van der Waals surface area contributed by atoms with Crippen molar-refractivity contribution in [2.24, 2.45) is 0 Å². The molecule has 1 aromatic heterocycles. The molecule has 0 amide bonds. The minimum atomic E-state index is -0.545. The predicted octanol–water partition coefficient (Wildman–Crippen LogP) is 3.00. The van der Waals surface area contributed by atoms with Crippen molar-refractivity contribution in [2.75, 3.05) is 0 Å². The summed E-state index contributed by atoms with van der Waals surface area (Å²) in [5, 5.41) is 21.3. The number of aliphatic hydroxyl groups excluding tert-OH is 1. The van der Waals surface area contributed by atoms with E-state index in [0.29, 0.717) is 10.4 Å². The van der Waals surface area contributed by atoms with Gasteiger partial charge in [0.1, 0.15) is 6.20 Å². The van der Waals surface area contributed by atoms with Crippen molar-refractivity contribution in [1.29, 1.82) is 0 Å². The molecule has 0 saturated carbocycles. The molecule has 2 rings (SSSR count). The highest BCUT2D eigenvalue weighted by Crippen LogP contribution is 2.37. The number of fused-ring (bicyclic) bond motifs is 1. The average molecular weight is 278 g/mol. The van der Waals surface area contributed by atoms with Gasteiger partial charge in [0, 0.05) is 10.6 Å². The Morgan fingerprint density at radius 1 is 1.37 bits per heavy atom. The Morgan fingerprint density at radius 3 is 2.68 bits per heavy atom. The third-order valence-electron chi connectivity index (χ3n) is 2.89. The second kappa shape index (κ2) is 5.54. The molecule has 1 N–H and O–H groups in total. The van der Waals surface area contributed by atoms with E-state index in [2.05, 4.69) is 4.98 Å². The number of aromatic nitrogens is 1. The fourth-order valence-electron chi connectivity index (χ4n) is 1.64. The summed E-state index contributed by atoms with van der Waals surface area (Å²) in [6, 6.07) is 7.29. The van der Waals surface area contributed by atoms with Gasteiger partial charge in [-0.3, -0.25) is 10.1 Å². The smallest absolute Gasteiger partial charge is 0.301 e. The van der Waals surface area contributed by atoms with E-state index in [1.165, 1.54) is 18.0 Å². The summed E-state index contributed by atoms with van der Waals surface area (Å²) in [7, 11) is 0. The van der Waals surface area contributed by atoms with Crippen molar-refractivity contribution in [1.82, 2.24) is 4.98 Å². The molecule has 1 heterocycles. The number of aliphatic hydroxyl groups is 1. The van der Waals surface area contributed by atoms with Crippen LogP contribution >= 0.6 is 11.8 Å². The predicted molar refractivity (Wildman–Crippen MR) is 75.4 cm³/mol. The van der Waals surface area contributed by atoms with Gasteiger partial charge in [-0.05, 0) is 13.0 Å². The van der Waals surface area contributed by atoms with E-state index in [-0.39, 0.29) is 10.9 Å². The number of benzene rings is 1. The van der Waals surface area contributed by atoms with Gasteiger partial charge in [-0.1, -0.05) is 25.1 Å². The molecular formula is C13H14N2O3S. The Balaban J connectivity index is 2.59. The van der Waals surface area contributed by atoms with Crippen LogP contribution < -0.4 is 0 Å². The summed E-state index contributed by atoms with van der Waals surface area (Å²) in [5.41, 5.74) is 0.699. The van der Waals surface area contributed by atoms with Gasteiger partial charge < -0.3 is 5.11 Å². The molecule has 6 heteroatoms. The Labute approximate surface area is 114 Å². The van der Waals surface area contributed by atoms with Crippen LogP contribution in [0.5, 0.6) is 0 Å². The van der Waals surface area contributed by atoms with E-state index in [9.17, 15) is 15.2 Å². The van der Waals surface area contributed by atoms with Crippen LogP contribution in [0.15, 0.2) is 35.4 Å². The number of thioether (sulfide) groups is 1. The zero-order valence-corrected chi connectivity index (χ0v) is 11.4. The molecule has 1 aromatic carbocycles. The SMILES string of the molecule is CC(O)C(C)Sc1c([N+](=O)[O-])cnc2ccccc12. The summed E-state index contributed by atoms with van der Waals surface area (Å²) in [6.07, 6.45) is 0.732. The molecule has 0 aliphatic heterocycles. The van der Waals surface area contributed by atoms with Crippen molar-refractivity contribution in [3.63, 3.8) is 0 Å². The van der Waals surface area contributed by atoms with Gasteiger partial charge in [0.15, 0.2) is 0 Å². The standard InChI is InChI=1S/C13H14N2O3S/c1-8(16)9(2)19-13-10-5-3-4-6-11(10)14-7-12(13)15(17)18/h3-9,16H,1-2H3. The molecule has 100 valence electrons. The highest BCUT2D eigenvalue weighted by Gasteiger charge is 2.22. The van der Waals surface area contributed by atoms with Crippen LogP contribution in [0.2, 0.25) is 0 Å². The number of rotatable bonds is 4. The zero-order valence-electron chi connectivity index (χ0n) is 10.6. The van der Waals surface area contributed by atoms with E-state index < -0.39 is 11.0 Å². The van der Waals surface area contributed by atoms with Gasteiger partial charge in [-0.2, -0.15) is 0 Å². The number of pyridine rings is 1. The Kier molecular flexibility index (Phi) is 4.01. The zero-order chi connectivity index (χ0) is 14.0. The van der Waals surface area contributed by atoms with Crippen LogP contribution in [0.4, 0.5) is 5.69 Å². The van der Waals surface area contributed by atoms with Crippen molar-refractivity contribution in [3.8, 4) is 0 Å². The molecule has 5 nitrogen and oxygen atoms in total. The van der Waals surface area contributed by atoms with E-state index >= 15 is 0 Å². The molecule has 0 spiro atoms. The fourth-order valence-corrected chi connectivity index (χ4v) is 2.76. The number of nitro groups is 1. The number of hydrogen-bond acceptors (Lipinski definition) is 5. The second-order valence-electron chi connectivity index (χ2n) is 4.31. The van der Waals surface area contributed by atoms with E-state index in [1.54, 1.807) is 6.92 Å². The van der Waals surface area contributed by atoms with Gasteiger partial charge >= 0.3 is 5.69 Å². The second-order valence-corrected chi connectivity index (χ2v) is 5.70. The fraction of sp³-hybridized carbons (Fsp3) is 0.308. The summed E-state index contributed by atoms with van der Waals surface area (Å²) >= 11 is 1.30. The van der Waals surface area contributed by atoms with Crippen molar-refractivity contribution in [3.05, 3.63) is 40.6 Å². The maximum atomic E-state index is 11.1. The van der Waals surface area contributed by atoms with E-state index in [4.69, 9.17) is 0 Å². The summed E-state index contributed by atoms with van der Waals surface area (Å²) < 4.78 is 0. The highest BCUT2D eigenvalue weighted by molar-refractivity contribution is 8.00. The van der Waals surface area contributed by atoms with Gasteiger partial charge in [0.25, 0.3) is 0 Å². The van der Waals surface area contributed by atoms with E-state index in [0.717, 1.165) is 5.39 Å². The first-order valence-electron chi connectivity index (χ1n) is 5.87. The van der Waals surface area contributed by atoms with Gasteiger partial charge in [0.2, 0.25) is 0 Å². The maximum Gasteiger partial charge on any atom is 0.301 e. The molecule has 0 aliphatic carbocycles. The van der Waals surface area contributed by atoms with Crippen LogP contribution in [0.3, 0.4) is 0 Å². The summed E-state index contributed by atoms with van der Waals surface area (Å²) in [6.45, 7) is 3.52. The lowest BCUT2D eigenvalue weighted by molar-refractivity contribution is -0.387. The third kappa shape index (κ3) is 2.85. The quantitative estimate of drug-likeness (QED) is 0.528. The number of hydrogen-bond donors (Lipinski definition) is 1. The van der Waals surface area contributed by atoms with Gasteiger partial charge in [-0.15, -0.1) is 11.8 Å². The first-order valence-corrected chi connectivity index (χ1v) is 6.75.